The van der Waals surface area contributed by atoms with Gasteiger partial charge in [-0.05, 0) is 25.8 Å². The highest BCUT2D eigenvalue weighted by molar-refractivity contribution is 6.30. The summed E-state index contributed by atoms with van der Waals surface area (Å²) < 4.78 is 0. The minimum atomic E-state index is -0.0373. The van der Waals surface area contributed by atoms with Gasteiger partial charge in [0.1, 0.15) is 5.15 Å². The molecule has 0 radical (unpaired) electrons. The molecule has 0 aromatic carbocycles. The molecular formula is C16H23ClN4O. The molecule has 3 rings (SSSR count). The fraction of sp³-hybridized carbons (Fsp3) is 0.625. The molecule has 6 heteroatoms. The summed E-state index contributed by atoms with van der Waals surface area (Å²) in [6.07, 6.45) is 3.99. The van der Waals surface area contributed by atoms with Crippen LogP contribution >= 0.6 is 11.6 Å². The van der Waals surface area contributed by atoms with E-state index in [1.165, 1.54) is 0 Å². The van der Waals surface area contributed by atoms with Crippen molar-refractivity contribution in [2.45, 2.75) is 38.4 Å². The lowest BCUT2D eigenvalue weighted by Gasteiger charge is -2.37. The van der Waals surface area contributed by atoms with Crippen molar-refractivity contribution in [3.8, 4) is 0 Å². The molecule has 1 amide bonds. The molecule has 1 aromatic heterocycles. The van der Waals surface area contributed by atoms with Crippen molar-refractivity contribution >= 4 is 17.5 Å². The van der Waals surface area contributed by atoms with Gasteiger partial charge in [0.25, 0.3) is 0 Å². The zero-order chi connectivity index (χ0) is 15.5. The zero-order valence-electron chi connectivity index (χ0n) is 13.0. The number of nitrogens with one attached hydrogen (secondary N) is 1. The van der Waals surface area contributed by atoms with E-state index in [2.05, 4.69) is 20.1 Å². The van der Waals surface area contributed by atoms with Gasteiger partial charge in [-0.3, -0.25) is 14.6 Å². The van der Waals surface area contributed by atoms with Crippen molar-refractivity contribution in [3.63, 3.8) is 0 Å². The Bertz CT molecular complexity index is 527. The van der Waals surface area contributed by atoms with Crippen LogP contribution in [0.3, 0.4) is 0 Å². The van der Waals surface area contributed by atoms with Crippen LogP contribution in [0.4, 0.5) is 0 Å². The Kier molecular flexibility index (Phi) is 4.96. The summed E-state index contributed by atoms with van der Waals surface area (Å²) in [5.41, 5.74) is 1.07. The number of hydrogen-bond acceptors (Lipinski definition) is 4. The predicted molar refractivity (Wildman–Crippen MR) is 86.7 cm³/mol. The molecule has 120 valence electrons. The Balaban J connectivity index is 1.47. The number of halogens is 1. The van der Waals surface area contributed by atoms with Crippen molar-refractivity contribution in [2.24, 2.45) is 0 Å². The topological polar surface area (TPSA) is 48.5 Å². The maximum Gasteiger partial charge on any atom is 0.237 e. The molecule has 5 nitrogen and oxygen atoms in total. The number of pyridine rings is 1. The predicted octanol–water partition coefficient (Wildman–Crippen LogP) is 1.52. The van der Waals surface area contributed by atoms with E-state index in [9.17, 15) is 4.79 Å². The lowest BCUT2D eigenvalue weighted by molar-refractivity contribution is -0.126. The fourth-order valence-corrected chi connectivity index (χ4v) is 2.98. The van der Waals surface area contributed by atoms with Crippen molar-refractivity contribution < 1.29 is 4.79 Å². The molecule has 2 aliphatic rings. The second-order valence-electron chi connectivity index (χ2n) is 6.22. The maximum absolute atomic E-state index is 12.1. The number of hydrogen-bond donors (Lipinski definition) is 1. The van der Waals surface area contributed by atoms with E-state index in [-0.39, 0.29) is 11.9 Å². The number of aromatic nitrogens is 1. The van der Waals surface area contributed by atoms with Gasteiger partial charge in [-0.1, -0.05) is 17.7 Å². The summed E-state index contributed by atoms with van der Waals surface area (Å²) in [6.45, 7) is 6.56. The summed E-state index contributed by atoms with van der Waals surface area (Å²) in [7, 11) is 0. The van der Waals surface area contributed by atoms with Gasteiger partial charge in [0.15, 0.2) is 0 Å². The van der Waals surface area contributed by atoms with Gasteiger partial charge in [-0.25, -0.2) is 4.98 Å². The lowest BCUT2D eigenvalue weighted by atomic mass is 10.2. The highest BCUT2D eigenvalue weighted by Gasteiger charge is 2.30. The summed E-state index contributed by atoms with van der Waals surface area (Å²) in [5.74, 6) is 0.172. The third kappa shape index (κ3) is 3.97. The van der Waals surface area contributed by atoms with Gasteiger partial charge in [-0.15, -0.1) is 0 Å². The highest BCUT2D eigenvalue weighted by Crippen LogP contribution is 2.20. The van der Waals surface area contributed by atoms with Gasteiger partial charge >= 0.3 is 0 Å². The first-order valence-electron chi connectivity index (χ1n) is 7.99. The van der Waals surface area contributed by atoms with E-state index < -0.39 is 0 Å². The number of carbonyl (C=O) groups excluding carboxylic acids is 1. The van der Waals surface area contributed by atoms with Gasteiger partial charge in [0, 0.05) is 50.5 Å². The molecule has 0 unspecified atom stereocenters. The van der Waals surface area contributed by atoms with Crippen LogP contribution in [-0.2, 0) is 11.3 Å². The Morgan fingerprint density at radius 3 is 2.77 bits per heavy atom. The fourth-order valence-electron chi connectivity index (χ4n) is 2.80. The van der Waals surface area contributed by atoms with E-state index >= 15 is 0 Å². The number of piperazine rings is 1. The third-order valence-corrected chi connectivity index (χ3v) is 4.83. The third-order valence-electron chi connectivity index (χ3n) is 4.49. The molecule has 1 aromatic rings. The van der Waals surface area contributed by atoms with Crippen molar-refractivity contribution in [1.82, 2.24) is 20.1 Å². The Labute approximate surface area is 136 Å². The van der Waals surface area contributed by atoms with Crippen LogP contribution < -0.4 is 5.32 Å². The van der Waals surface area contributed by atoms with Gasteiger partial charge in [0.05, 0.1) is 6.04 Å². The molecule has 0 spiro atoms. The number of rotatable bonds is 5. The van der Waals surface area contributed by atoms with Crippen LogP contribution in [0.25, 0.3) is 0 Å². The number of carbonyl (C=O) groups is 1. The SMILES string of the molecule is C[C@@H](C(=O)NC1CC1)N1CCN(Cc2cccnc2Cl)CC1. The number of amides is 1. The molecule has 1 saturated carbocycles. The minimum Gasteiger partial charge on any atom is -0.352 e. The van der Waals surface area contributed by atoms with E-state index in [0.717, 1.165) is 51.1 Å². The Hall–Kier alpha value is -1.17. The molecule has 2 fully saturated rings. The molecule has 1 N–H and O–H groups in total. The average Bonchev–Trinajstić information content (AvgIpc) is 3.33. The van der Waals surface area contributed by atoms with Crippen LogP contribution in [0.2, 0.25) is 5.15 Å². The number of nitrogens with zero attached hydrogens (tertiary/aromatic N) is 3. The molecular weight excluding hydrogens is 300 g/mol. The summed E-state index contributed by atoms with van der Waals surface area (Å²) in [4.78, 5) is 20.9. The quantitative estimate of drug-likeness (QED) is 0.835. The van der Waals surface area contributed by atoms with Gasteiger partial charge < -0.3 is 5.32 Å². The van der Waals surface area contributed by atoms with Crippen LogP contribution in [0.15, 0.2) is 18.3 Å². The second-order valence-corrected chi connectivity index (χ2v) is 6.58. The summed E-state index contributed by atoms with van der Waals surface area (Å²) >= 11 is 6.12. The van der Waals surface area contributed by atoms with E-state index in [4.69, 9.17) is 11.6 Å². The smallest absolute Gasteiger partial charge is 0.237 e. The largest absolute Gasteiger partial charge is 0.352 e. The summed E-state index contributed by atoms with van der Waals surface area (Å²) in [6, 6.07) is 4.34. The monoisotopic (exact) mass is 322 g/mol. The molecule has 2 heterocycles. The van der Waals surface area contributed by atoms with Crippen molar-refractivity contribution in [1.29, 1.82) is 0 Å². The minimum absolute atomic E-state index is 0.0373. The van der Waals surface area contributed by atoms with Crippen LogP contribution in [0, 0.1) is 0 Å². The second kappa shape index (κ2) is 6.94. The lowest BCUT2D eigenvalue weighted by Crippen LogP contribution is -2.53. The Morgan fingerprint density at radius 2 is 2.14 bits per heavy atom. The first kappa shape index (κ1) is 15.7. The first-order valence-corrected chi connectivity index (χ1v) is 8.37. The van der Waals surface area contributed by atoms with E-state index in [0.29, 0.717) is 11.2 Å². The van der Waals surface area contributed by atoms with Crippen molar-refractivity contribution in [3.05, 3.63) is 29.0 Å². The van der Waals surface area contributed by atoms with Crippen LogP contribution in [0.5, 0.6) is 0 Å². The molecule has 22 heavy (non-hydrogen) atoms. The normalized spacial score (nSPS) is 21.5. The van der Waals surface area contributed by atoms with E-state index in [1.807, 2.05) is 19.1 Å². The maximum atomic E-state index is 12.1. The molecule has 1 saturated heterocycles. The summed E-state index contributed by atoms with van der Waals surface area (Å²) in [5, 5.41) is 3.67. The molecule has 1 aliphatic carbocycles. The highest BCUT2D eigenvalue weighted by atomic mass is 35.5. The molecule has 0 bridgehead atoms. The molecule has 1 aliphatic heterocycles. The van der Waals surface area contributed by atoms with Crippen molar-refractivity contribution in [2.75, 3.05) is 26.2 Å². The Morgan fingerprint density at radius 1 is 1.41 bits per heavy atom. The van der Waals surface area contributed by atoms with Crippen LogP contribution in [0.1, 0.15) is 25.3 Å². The standard InChI is InChI=1S/C16H23ClN4O/c1-12(16(22)19-14-4-5-14)21-9-7-20(8-10-21)11-13-3-2-6-18-15(13)17/h2-3,6,12,14H,4-5,7-11H2,1H3,(H,19,22)/t12-/m0/s1. The molecule has 1 atom stereocenters. The van der Waals surface area contributed by atoms with Gasteiger partial charge in [0.2, 0.25) is 5.91 Å². The van der Waals surface area contributed by atoms with E-state index in [1.54, 1.807) is 6.20 Å². The zero-order valence-corrected chi connectivity index (χ0v) is 13.7. The van der Waals surface area contributed by atoms with Crippen LogP contribution in [-0.4, -0.2) is 59.0 Å². The van der Waals surface area contributed by atoms with Gasteiger partial charge in [-0.2, -0.15) is 0 Å². The first-order chi connectivity index (χ1) is 10.6. The average molecular weight is 323 g/mol.